The minimum absolute atomic E-state index is 0.277. The van der Waals surface area contributed by atoms with Gasteiger partial charge in [0.1, 0.15) is 11.6 Å². The molecule has 0 saturated heterocycles. The Kier molecular flexibility index (Phi) is 3.02. The van der Waals surface area contributed by atoms with Crippen LogP contribution in [0.25, 0.3) is 0 Å². The van der Waals surface area contributed by atoms with E-state index in [0.717, 1.165) is 12.3 Å². The van der Waals surface area contributed by atoms with Crippen molar-refractivity contribution in [1.82, 2.24) is 0 Å². The maximum Gasteiger partial charge on any atom is 0.124 e. The monoisotopic (exact) mass is 250 g/mol. The SMILES string of the molecule is COc1ccc(F)cc1C(O)C1CC2CCC1C2. The van der Waals surface area contributed by atoms with Gasteiger partial charge in [0.25, 0.3) is 0 Å². The van der Waals surface area contributed by atoms with Gasteiger partial charge in [-0.1, -0.05) is 6.42 Å². The lowest BCUT2D eigenvalue weighted by Crippen LogP contribution is -2.19. The highest BCUT2D eigenvalue weighted by molar-refractivity contribution is 5.36. The maximum atomic E-state index is 13.4. The van der Waals surface area contributed by atoms with Gasteiger partial charge in [-0.2, -0.15) is 0 Å². The number of methoxy groups -OCH3 is 1. The van der Waals surface area contributed by atoms with Crippen molar-refractivity contribution >= 4 is 0 Å². The maximum absolute atomic E-state index is 13.4. The van der Waals surface area contributed by atoms with E-state index >= 15 is 0 Å². The van der Waals surface area contributed by atoms with E-state index in [1.807, 2.05) is 0 Å². The molecule has 4 unspecified atom stereocenters. The van der Waals surface area contributed by atoms with Crippen molar-refractivity contribution in [2.24, 2.45) is 17.8 Å². The molecule has 2 saturated carbocycles. The second kappa shape index (κ2) is 4.54. The van der Waals surface area contributed by atoms with Crippen molar-refractivity contribution in [3.63, 3.8) is 0 Å². The summed E-state index contributed by atoms with van der Waals surface area (Å²) < 4.78 is 18.6. The summed E-state index contributed by atoms with van der Waals surface area (Å²) >= 11 is 0. The van der Waals surface area contributed by atoms with E-state index in [0.29, 0.717) is 17.2 Å². The first-order valence-electron chi connectivity index (χ1n) is 6.70. The van der Waals surface area contributed by atoms with E-state index in [9.17, 15) is 9.50 Å². The third-order valence-electron chi connectivity index (χ3n) is 4.71. The number of hydrogen-bond donors (Lipinski definition) is 1. The van der Waals surface area contributed by atoms with Crippen molar-refractivity contribution in [2.75, 3.05) is 7.11 Å². The Morgan fingerprint density at radius 1 is 1.33 bits per heavy atom. The first-order valence-corrected chi connectivity index (χ1v) is 6.70. The van der Waals surface area contributed by atoms with Crippen LogP contribution in [0.3, 0.4) is 0 Å². The van der Waals surface area contributed by atoms with Gasteiger partial charge in [-0.15, -0.1) is 0 Å². The van der Waals surface area contributed by atoms with Crippen LogP contribution in [0.2, 0.25) is 0 Å². The largest absolute Gasteiger partial charge is 0.496 e. The van der Waals surface area contributed by atoms with E-state index in [1.165, 1.54) is 31.4 Å². The predicted octanol–water partition coefficient (Wildman–Crippen LogP) is 3.30. The quantitative estimate of drug-likeness (QED) is 0.891. The Morgan fingerprint density at radius 2 is 2.17 bits per heavy atom. The molecule has 1 aromatic rings. The van der Waals surface area contributed by atoms with Crippen LogP contribution in [0, 0.1) is 23.6 Å². The van der Waals surface area contributed by atoms with Gasteiger partial charge in [-0.3, -0.25) is 0 Å². The molecule has 2 aliphatic carbocycles. The number of fused-ring (bicyclic) bond motifs is 2. The van der Waals surface area contributed by atoms with Gasteiger partial charge in [0.15, 0.2) is 0 Å². The molecule has 0 aromatic heterocycles. The van der Waals surface area contributed by atoms with Gasteiger partial charge >= 0.3 is 0 Å². The van der Waals surface area contributed by atoms with Crippen LogP contribution in [-0.2, 0) is 0 Å². The number of rotatable bonds is 3. The average Bonchev–Trinajstić information content (AvgIpc) is 3.00. The Balaban J connectivity index is 1.87. The summed E-state index contributed by atoms with van der Waals surface area (Å²) in [5.74, 6) is 1.94. The fourth-order valence-electron chi connectivity index (χ4n) is 3.85. The highest BCUT2D eigenvalue weighted by Gasteiger charge is 2.43. The highest BCUT2D eigenvalue weighted by atomic mass is 19.1. The summed E-state index contributed by atoms with van der Waals surface area (Å²) in [7, 11) is 1.56. The Hall–Kier alpha value is -1.09. The van der Waals surface area contributed by atoms with Crippen LogP contribution in [-0.4, -0.2) is 12.2 Å². The van der Waals surface area contributed by atoms with Crippen molar-refractivity contribution in [1.29, 1.82) is 0 Å². The van der Waals surface area contributed by atoms with Gasteiger partial charge in [-0.05, 0) is 55.2 Å². The zero-order valence-electron chi connectivity index (χ0n) is 10.6. The Morgan fingerprint density at radius 3 is 2.78 bits per heavy atom. The summed E-state index contributed by atoms with van der Waals surface area (Å²) in [4.78, 5) is 0. The molecule has 98 valence electrons. The van der Waals surface area contributed by atoms with Crippen molar-refractivity contribution < 1.29 is 14.2 Å². The lowest BCUT2D eigenvalue weighted by molar-refractivity contribution is 0.0720. The molecule has 2 aliphatic rings. The number of aliphatic hydroxyl groups is 1. The molecule has 2 bridgehead atoms. The van der Waals surface area contributed by atoms with Crippen LogP contribution >= 0.6 is 0 Å². The fraction of sp³-hybridized carbons (Fsp3) is 0.600. The molecule has 3 heteroatoms. The van der Waals surface area contributed by atoms with Crippen molar-refractivity contribution in [3.8, 4) is 5.75 Å². The third-order valence-corrected chi connectivity index (χ3v) is 4.71. The number of ether oxygens (including phenoxy) is 1. The molecule has 18 heavy (non-hydrogen) atoms. The number of halogens is 1. The molecule has 0 heterocycles. The zero-order valence-corrected chi connectivity index (χ0v) is 10.6. The molecule has 0 amide bonds. The standard InChI is InChI=1S/C15H19FO2/c1-18-14-5-4-11(16)8-13(14)15(17)12-7-9-2-3-10(12)6-9/h4-5,8-10,12,15,17H,2-3,6-7H2,1H3. The van der Waals surface area contributed by atoms with Crippen molar-refractivity contribution in [3.05, 3.63) is 29.6 Å². The van der Waals surface area contributed by atoms with Gasteiger partial charge in [0, 0.05) is 5.56 Å². The van der Waals surface area contributed by atoms with Crippen LogP contribution in [0.15, 0.2) is 18.2 Å². The molecule has 3 rings (SSSR count). The number of benzene rings is 1. The second-order valence-corrected chi connectivity index (χ2v) is 5.67. The van der Waals surface area contributed by atoms with Gasteiger partial charge in [0.2, 0.25) is 0 Å². The molecule has 0 radical (unpaired) electrons. The van der Waals surface area contributed by atoms with Gasteiger partial charge in [-0.25, -0.2) is 4.39 Å². The first-order chi connectivity index (χ1) is 8.69. The van der Waals surface area contributed by atoms with E-state index in [4.69, 9.17) is 4.74 Å². The molecule has 0 spiro atoms. The molecular formula is C15H19FO2. The topological polar surface area (TPSA) is 29.5 Å². The molecule has 4 atom stereocenters. The second-order valence-electron chi connectivity index (χ2n) is 5.67. The number of aliphatic hydroxyl groups excluding tert-OH is 1. The summed E-state index contributed by atoms with van der Waals surface area (Å²) in [6.07, 6.45) is 4.23. The lowest BCUT2D eigenvalue weighted by Gasteiger charge is -2.28. The predicted molar refractivity (Wildman–Crippen MR) is 66.8 cm³/mol. The minimum atomic E-state index is -0.592. The first kappa shape index (κ1) is 12.0. The lowest BCUT2D eigenvalue weighted by atomic mass is 9.82. The van der Waals surface area contributed by atoms with Crippen LogP contribution in [0.4, 0.5) is 4.39 Å². The van der Waals surface area contributed by atoms with Gasteiger partial charge in [0.05, 0.1) is 13.2 Å². The van der Waals surface area contributed by atoms with Crippen molar-refractivity contribution in [2.45, 2.75) is 31.8 Å². The summed E-state index contributed by atoms with van der Waals surface area (Å²) in [6, 6.07) is 4.38. The minimum Gasteiger partial charge on any atom is -0.496 e. The van der Waals surface area contributed by atoms with Crippen LogP contribution in [0.5, 0.6) is 5.75 Å². The van der Waals surface area contributed by atoms with E-state index in [-0.39, 0.29) is 11.7 Å². The van der Waals surface area contributed by atoms with Gasteiger partial charge < -0.3 is 9.84 Å². The molecule has 2 fully saturated rings. The molecular weight excluding hydrogens is 231 g/mol. The average molecular weight is 250 g/mol. The number of hydrogen-bond acceptors (Lipinski definition) is 2. The smallest absolute Gasteiger partial charge is 0.124 e. The van der Waals surface area contributed by atoms with E-state index < -0.39 is 6.10 Å². The molecule has 1 N–H and O–H groups in total. The third kappa shape index (κ3) is 1.91. The summed E-state index contributed by atoms with van der Waals surface area (Å²) in [5.41, 5.74) is 0.607. The molecule has 0 aliphatic heterocycles. The zero-order chi connectivity index (χ0) is 12.7. The fourth-order valence-corrected chi connectivity index (χ4v) is 3.85. The van der Waals surface area contributed by atoms with E-state index in [2.05, 4.69) is 0 Å². The van der Waals surface area contributed by atoms with E-state index in [1.54, 1.807) is 13.2 Å². The summed E-state index contributed by atoms with van der Waals surface area (Å²) in [6.45, 7) is 0. The van der Waals surface area contributed by atoms with Crippen LogP contribution < -0.4 is 4.74 Å². The summed E-state index contributed by atoms with van der Waals surface area (Å²) in [5, 5.41) is 10.5. The molecule has 2 nitrogen and oxygen atoms in total. The molecule has 1 aromatic carbocycles. The highest BCUT2D eigenvalue weighted by Crippen LogP contribution is 2.53. The normalized spacial score (nSPS) is 31.6. The Labute approximate surface area is 107 Å². The van der Waals surface area contributed by atoms with Crippen LogP contribution in [0.1, 0.15) is 37.4 Å². The Bertz CT molecular complexity index is 446.